The second kappa shape index (κ2) is 5.01. The molecule has 1 fully saturated rings. The van der Waals surface area contributed by atoms with E-state index in [4.69, 9.17) is 5.41 Å². The molecule has 1 aliphatic rings. The largest absolute Gasteiger partial charge is 0.508 e. The molecule has 1 aliphatic heterocycles. The van der Waals surface area contributed by atoms with Crippen molar-refractivity contribution in [3.05, 3.63) is 48.0 Å². The van der Waals surface area contributed by atoms with Crippen LogP contribution in [0.1, 0.15) is 12.5 Å². The van der Waals surface area contributed by atoms with Crippen LogP contribution in [0.25, 0.3) is 11.1 Å². The highest BCUT2D eigenvalue weighted by molar-refractivity contribution is 6.07. The van der Waals surface area contributed by atoms with Gasteiger partial charge in [-0.25, -0.2) is 0 Å². The standard InChI is InChI=1S/C17H17N3O3/c1-17(15(23)20(2)16(18)19-17)11-5-3-4-10(8-11)13-9-12(21)6-7-14(13)22/h3-9,21-22H,1-2H3,(H2,18,19). The van der Waals surface area contributed by atoms with E-state index in [1.165, 1.54) is 23.1 Å². The lowest BCUT2D eigenvalue weighted by Gasteiger charge is -2.23. The predicted octanol–water partition coefficient (Wildman–Crippen LogP) is 1.98. The van der Waals surface area contributed by atoms with Crippen LogP contribution >= 0.6 is 0 Å². The maximum Gasteiger partial charge on any atom is 0.259 e. The quantitative estimate of drug-likeness (QED) is 0.638. The summed E-state index contributed by atoms with van der Waals surface area (Å²) in [6, 6.07) is 11.4. The summed E-state index contributed by atoms with van der Waals surface area (Å²) < 4.78 is 0. The van der Waals surface area contributed by atoms with Gasteiger partial charge in [-0.1, -0.05) is 18.2 Å². The summed E-state index contributed by atoms with van der Waals surface area (Å²) in [7, 11) is 1.55. The summed E-state index contributed by atoms with van der Waals surface area (Å²) in [4.78, 5) is 13.7. The molecule has 6 nitrogen and oxygen atoms in total. The van der Waals surface area contributed by atoms with E-state index in [0.29, 0.717) is 16.7 Å². The average molecular weight is 311 g/mol. The summed E-state index contributed by atoms with van der Waals surface area (Å²) in [5.41, 5.74) is 0.794. The van der Waals surface area contributed by atoms with E-state index in [1.54, 1.807) is 38.2 Å². The Morgan fingerprint density at radius 1 is 1.17 bits per heavy atom. The Morgan fingerprint density at radius 3 is 2.57 bits per heavy atom. The molecule has 118 valence electrons. The Kier molecular flexibility index (Phi) is 3.25. The number of aromatic hydroxyl groups is 2. The van der Waals surface area contributed by atoms with Gasteiger partial charge in [-0.05, 0) is 42.3 Å². The van der Waals surface area contributed by atoms with Gasteiger partial charge < -0.3 is 15.5 Å². The van der Waals surface area contributed by atoms with E-state index >= 15 is 0 Å². The van der Waals surface area contributed by atoms with Gasteiger partial charge in [0, 0.05) is 12.6 Å². The molecule has 23 heavy (non-hydrogen) atoms. The number of phenols is 2. The number of likely N-dealkylation sites (N-methyl/N-ethyl adjacent to an activating group) is 1. The highest BCUT2D eigenvalue weighted by Crippen LogP contribution is 2.35. The summed E-state index contributed by atoms with van der Waals surface area (Å²) in [6.45, 7) is 1.72. The highest BCUT2D eigenvalue weighted by Gasteiger charge is 2.45. The molecule has 2 aromatic carbocycles. The van der Waals surface area contributed by atoms with E-state index in [-0.39, 0.29) is 23.4 Å². The van der Waals surface area contributed by atoms with Gasteiger partial charge in [-0.3, -0.25) is 15.1 Å². The molecule has 1 unspecified atom stereocenters. The molecule has 3 rings (SSSR count). The van der Waals surface area contributed by atoms with Crippen LogP contribution in [-0.4, -0.2) is 34.0 Å². The number of benzene rings is 2. The van der Waals surface area contributed by atoms with Crippen molar-refractivity contribution in [3.8, 4) is 22.6 Å². The number of phenolic OH excluding ortho intramolecular Hbond substituents is 2. The van der Waals surface area contributed by atoms with Gasteiger partial charge in [0.05, 0.1) is 0 Å². The number of rotatable bonds is 2. The first-order chi connectivity index (χ1) is 10.8. The minimum Gasteiger partial charge on any atom is -0.508 e. The lowest BCUT2D eigenvalue weighted by Crippen LogP contribution is -2.40. The Morgan fingerprint density at radius 2 is 1.91 bits per heavy atom. The van der Waals surface area contributed by atoms with Crippen LogP contribution in [0.15, 0.2) is 42.5 Å². The third-order valence-electron chi connectivity index (χ3n) is 4.17. The molecule has 1 heterocycles. The van der Waals surface area contributed by atoms with Gasteiger partial charge in [0.2, 0.25) is 0 Å². The third-order valence-corrected chi connectivity index (χ3v) is 4.17. The van der Waals surface area contributed by atoms with Gasteiger partial charge in [-0.15, -0.1) is 0 Å². The van der Waals surface area contributed by atoms with Crippen molar-refractivity contribution >= 4 is 11.9 Å². The molecule has 6 heteroatoms. The second-order valence-electron chi connectivity index (χ2n) is 5.75. The highest BCUT2D eigenvalue weighted by atomic mass is 16.3. The normalized spacial score (nSPS) is 20.7. The van der Waals surface area contributed by atoms with Crippen LogP contribution < -0.4 is 5.32 Å². The topological polar surface area (TPSA) is 96.7 Å². The molecule has 1 atom stereocenters. The Hall–Kier alpha value is -3.02. The zero-order valence-electron chi connectivity index (χ0n) is 12.8. The number of nitrogens with one attached hydrogen (secondary N) is 2. The van der Waals surface area contributed by atoms with Crippen LogP contribution in [0.3, 0.4) is 0 Å². The molecule has 0 spiro atoms. The van der Waals surface area contributed by atoms with Gasteiger partial charge in [0.15, 0.2) is 5.96 Å². The van der Waals surface area contributed by atoms with E-state index in [0.717, 1.165) is 0 Å². The summed E-state index contributed by atoms with van der Waals surface area (Å²) in [6.07, 6.45) is 0. The molecule has 1 saturated heterocycles. The van der Waals surface area contributed by atoms with Crippen LogP contribution in [0, 0.1) is 5.41 Å². The molecule has 2 aromatic rings. The van der Waals surface area contributed by atoms with Crippen LogP contribution in [0.5, 0.6) is 11.5 Å². The molecule has 0 bridgehead atoms. The van der Waals surface area contributed by atoms with Gasteiger partial charge in [0.1, 0.15) is 17.0 Å². The average Bonchev–Trinajstić information content (AvgIpc) is 2.74. The molecule has 0 aromatic heterocycles. The van der Waals surface area contributed by atoms with Gasteiger partial charge >= 0.3 is 0 Å². The molecule has 0 radical (unpaired) electrons. The Balaban J connectivity index is 2.09. The number of guanidine groups is 1. The number of nitrogens with zero attached hydrogens (tertiary/aromatic N) is 1. The number of amides is 1. The van der Waals surface area contributed by atoms with Crippen molar-refractivity contribution < 1.29 is 15.0 Å². The molecular weight excluding hydrogens is 294 g/mol. The number of hydrogen-bond donors (Lipinski definition) is 4. The van der Waals surface area contributed by atoms with Crippen LogP contribution in [0.4, 0.5) is 0 Å². The predicted molar refractivity (Wildman–Crippen MR) is 86.2 cm³/mol. The van der Waals surface area contributed by atoms with Crippen molar-refractivity contribution in [2.45, 2.75) is 12.5 Å². The first-order valence-electron chi connectivity index (χ1n) is 7.11. The first kappa shape index (κ1) is 14.9. The Bertz CT molecular complexity index is 818. The fraction of sp³-hybridized carbons (Fsp3) is 0.176. The van der Waals surface area contributed by atoms with E-state index in [2.05, 4.69) is 5.32 Å². The minimum atomic E-state index is -1.03. The molecule has 0 saturated carbocycles. The third kappa shape index (κ3) is 2.28. The van der Waals surface area contributed by atoms with E-state index in [1.807, 2.05) is 0 Å². The Labute approximate surface area is 133 Å². The molecule has 0 aliphatic carbocycles. The van der Waals surface area contributed by atoms with Crippen molar-refractivity contribution in [2.24, 2.45) is 0 Å². The smallest absolute Gasteiger partial charge is 0.259 e. The molecular formula is C17H17N3O3. The fourth-order valence-corrected chi connectivity index (χ4v) is 2.76. The van der Waals surface area contributed by atoms with Gasteiger partial charge in [-0.2, -0.15) is 0 Å². The minimum absolute atomic E-state index is 0.0423. The maximum absolute atomic E-state index is 12.4. The molecule has 4 N–H and O–H groups in total. The van der Waals surface area contributed by atoms with Crippen LogP contribution in [-0.2, 0) is 10.3 Å². The van der Waals surface area contributed by atoms with Crippen molar-refractivity contribution in [3.63, 3.8) is 0 Å². The second-order valence-corrected chi connectivity index (χ2v) is 5.75. The van der Waals surface area contributed by atoms with Crippen LogP contribution in [0.2, 0.25) is 0 Å². The fourth-order valence-electron chi connectivity index (χ4n) is 2.76. The summed E-state index contributed by atoms with van der Waals surface area (Å²) in [5, 5.41) is 30.3. The number of hydrogen-bond acceptors (Lipinski definition) is 4. The maximum atomic E-state index is 12.4. The molecule has 1 amide bonds. The zero-order valence-corrected chi connectivity index (χ0v) is 12.8. The zero-order chi connectivity index (χ0) is 16.8. The number of carbonyl (C=O) groups is 1. The summed E-state index contributed by atoms with van der Waals surface area (Å²) in [5.74, 6) is -0.0884. The monoisotopic (exact) mass is 311 g/mol. The SMILES string of the molecule is CN1C(=N)NC(C)(c2cccc(-c3cc(O)ccc3O)c2)C1=O. The lowest BCUT2D eigenvalue weighted by molar-refractivity contribution is -0.129. The van der Waals surface area contributed by atoms with Crippen molar-refractivity contribution in [1.82, 2.24) is 10.2 Å². The van der Waals surface area contributed by atoms with Crippen molar-refractivity contribution in [1.29, 1.82) is 5.41 Å². The van der Waals surface area contributed by atoms with E-state index < -0.39 is 5.54 Å². The summed E-state index contributed by atoms with van der Waals surface area (Å²) >= 11 is 0. The van der Waals surface area contributed by atoms with Crippen molar-refractivity contribution in [2.75, 3.05) is 7.05 Å². The lowest BCUT2D eigenvalue weighted by atomic mass is 9.89. The number of carbonyl (C=O) groups excluding carboxylic acids is 1. The van der Waals surface area contributed by atoms with Gasteiger partial charge in [0.25, 0.3) is 5.91 Å². The first-order valence-corrected chi connectivity index (χ1v) is 7.11. The van der Waals surface area contributed by atoms with E-state index in [9.17, 15) is 15.0 Å².